The molecule has 1 rings (SSSR count). The van der Waals surface area contributed by atoms with Gasteiger partial charge in [-0.2, -0.15) is 5.10 Å². The molecule has 5 nitrogen and oxygen atoms in total. The summed E-state index contributed by atoms with van der Waals surface area (Å²) in [6.07, 6.45) is 3.62. The van der Waals surface area contributed by atoms with E-state index in [9.17, 15) is 10.1 Å². The molecule has 0 aromatic carbocycles. The zero-order valence-corrected chi connectivity index (χ0v) is 7.02. The number of rotatable bonds is 2. The summed E-state index contributed by atoms with van der Waals surface area (Å²) < 4.78 is 1.49. The first kappa shape index (κ1) is 8.73. The van der Waals surface area contributed by atoms with E-state index < -0.39 is 4.92 Å². The summed E-state index contributed by atoms with van der Waals surface area (Å²) in [7, 11) is 1.69. The number of nitro groups is 1. The molecule has 6 heteroatoms. The third-order valence-electron chi connectivity index (χ3n) is 1.16. The Morgan fingerprint density at radius 2 is 2.50 bits per heavy atom. The van der Waals surface area contributed by atoms with Crippen LogP contribution in [0.2, 0.25) is 5.02 Å². The minimum Gasteiger partial charge on any atom is -0.274 e. The Bertz CT molecular complexity index is 332. The van der Waals surface area contributed by atoms with Crippen LogP contribution in [0.1, 0.15) is 5.69 Å². The fourth-order valence-corrected chi connectivity index (χ4v) is 0.963. The second kappa shape index (κ2) is 3.36. The molecular weight excluding hydrogens is 182 g/mol. The molecule has 1 aromatic rings. The third-order valence-corrected chi connectivity index (χ3v) is 1.46. The molecule has 64 valence electrons. The van der Waals surface area contributed by atoms with E-state index in [1.165, 1.54) is 10.8 Å². The highest BCUT2D eigenvalue weighted by Crippen LogP contribution is 2.14. The molecule has 0 saturated carbocycles. The topological polar surface area (TPSA) is 61.0 Å². The van der Waals surface area contributed by atoms with Crippen LogP contribution in [0.5, 0.6) is 0 Å². The van der Waals surface area contributed by atoms with Crippen molar-refractivity contribution in [2.45, 2.75) is 0 Å². The average Bonchev–Trinajstić information content (AvgIpc) is 2.26. The lowest BCUT2D eigenvalue weighted by atomic mass is 10.4. The Kier molecular flexibility index (Phi) is 2.44. The van der Waals surface area contributed by atoms with Crippen molar-refractivity contribution in [2.24, 2.45) is 7.05 Å². The fraction of sp³-hybridized carbons (Fsp3) is 0.167. The molecule has 0 fully saturated rings. The van der Waals surface area contributed by atoms with Gasteiger partial charge >= 0.3 is 0 Å². The number of aromatic nitrogens is 2. The van der Waals surface area contributed by atoms with Crippen LogP contribution in [-0.4, -0.2) is 14.7 Å². The molecule has 0 radical (unpaired) electrons. The van der Waals surface area contributed by atoms with Gasteiger partial charge < -0.3 is 0 Å². The minimum atomic E-state index is -0.564. The van der Waals surface area contributed by atoms with E-state index in [2.05, 4.69) is 5.10 Å². The molecule has 0 saturated heterocycles. The predicted octanol–water partition coefficient (Wildman–Crippen LogP) is 1.32. The van der Waals surface area contributed by atoms with E-state index in [1.807, 2.05) is 0 Å². The molecule has 12 heavy (non-hydrogen) atoms. The van der Waals surface area contributed by atoms with Gasteiger partial charge in [0.05, 0.1) is 9.95 Å². The SMILES string of the molecule is Cn1cc(Cl)c(C=C[N+](=O)[O-])n1. The quantitative estimate of drug-likeness (QED) is 0.518. The standard InChI is InChI=1S/C6H6ClN3O2/c1-9-4-5(7)6(8-9)2-3-10(11)12/h2-4H,1H3. The molecule has 0 N–H and O–H groups in total. The highest BCUT2D eigenvalue weighted by Gasteiger charge is 2.01. The highest BCUT2D eigenvalue weighted by atomic mass is 35.5. The number of hydrogen-bond acceptors (Lipinski definition) is 3. The molecule has 0 atom stereocenters. The van der Waals surface area contributed by atoms with Crippen molar-refractivity contribution < 1.29 is 4.92 Å². The fourth-order valence-electron chi connectivity index (χ4n) is 0.721. The van der Waals surface area contributed by atoms with Gasteiger partial charge in [-0.25, -0.2) is 0 Å². The maximum atomic E-state index is 9.93. The van der Waals surface area contributed by atoms with Gasteiger partial charge in [-0.05, 0) is 0 Å². The van der Waals surface area contributed by atoms with Crippen LogP contribution in [0.25, 0.3) is 6.08 Å². The molecule has 1 heterocycles. The molecule has 0 bridgehead atoms. The number of halogens is 1. The van der Waals surface area contributed by atoms with E-state index in [0.29, 0.717) is 10.7 Å². The Morgan fingerprint density at radius 3 is 2.92 bits per heavy atom. The lowest BCUT2D eigenvalue weighted by Gasteiger charge is -1.82. The Labute approximate surface area is 73.4 Å². The van der Waals surface area contributed by atoms with Crippen molar-refractivity contribution in [3.8, 4) is 0 Å². The van der Waals surface area contributed by atoms with Gasteiger partial charge in [-0.1, -0.05) is 11.6 Å². The summed E-state index contributed by atoms with van der Waals surface area (Å²) in [5.41, 5.74) is 0.399. The van der Waals surface area contributed by atoms with Gasteiger partial charge in [0.2, 0.25) is 6.20 Å². The summed E-state index contributed by atoms with van der Waals surface area (Å²) in [5, 5.41) is 14.2. The number of nitrogens with zero attached hydrogens (tertiary/aromatic N) is 3. The predicted molar refractivity (Wildman–Crippen MR) is 44.2 cm³/mol. The van der Waals surface area contributed by atoms with Gasteiger partial charge in [-0.15, -0.1) is 0 Å². The van der Waals surface area contributed by atoms with Crippen molar-refractivity contribution >= 4 is 17.7 Å². The maximum absolute atomic E-state index is 9.93. The largest absolute Gasteiger partial charge is 0.274 e. The maximum Gasteiger partial charge on any atom is 0.236 e. The first-order valence-electron chi connectivity index (χ1n) is 3.10. The van der Waals surface area contributed by atoms with Gasteiger partial charge in [0.1, 0.15) is 5.69 Å². The van der Waals surface area contributed by atoms with E-state index in [-0.39, 0.29) is 0 Å². The van der Waals surface area contributed by atoms with Crippen LogP contribution in [0.3, 0.4) is 0 Å². The normalized spacial score (nSPS) is 10.8. The molecule has 0 aliphatic rings. The van der Waals surface area contributed by atoms with Crippen LogP contribution >= 0.6 is 11.6 Å². The van der Waals surface area contributed by atoms with Gasteiger partial charge in [-0.3, -0.25) is 14.8 Å². The van der Waals surface area contributed by atoms with Crippen molar-refractivity contribution in [1.82, 2.24) is 9.78 Å². The summed E-state index contributed by atoms with van der Waals surface area (Å²) in [5.74, 6) is 0. The smallest absolute Gasteiger partial charge is 0.236 e. The molecule has 0 aliphatic carbocycles. The Hall–Kier alpha value is -1.36. The second-order valence-electron chi connectivity index (χ2n) is 2.14. The van der Waals surface area contributed by atoms with E-state index in [0.717, 1.165) is 6.20 Å². The van der Waals surface area contributed by atoms with Crippen LogP contribution in [0.4, 0.5) is 0 Å². The Balaban J connectivity index is 2.89. The molecule has 0 spiro atoms. The average molecular weight is 188 g/mol. The van der Waals surface area contributed by atoms with Gasteiger partial charge in [0.25, 0.3) is 0 Å². The lowest BCUT2D eigenvalue weighted by molar-refractivity contribution is -0.401. The lowest BCUT2D eigenvalue weighted by Crippen LogP contribution is -1.87. The van der Waals surface area contributed by atoms with E-state index in [4.69, 9.17) is 11.6 Å². The van der Waals surface area contributed by atoms with Crippen LogP contribution in [0, 0.1) is 10.1 Å². The molecule has 0 amide bonds. The van der Waals surface area contributed by atoms with Crippen molar-refractivity contribution in [2.75, 3.05) is 0 Å². The zero-order chi connectivity index (χ0) is 9.14. The number of hydrogen-bond donors (Lipinski definition) is 0. The number of aryl methyl sites for hydroxylation is 1. The second-order valence-corrected chi connectivity index (χ2v) is 2.54. The zero-order valence-electron chi connectivity index (χ0n) is 6.27. The Morgan fingerprint density at radius 1 is 1.83 bits per heavy atom. The van der Waals surface area contributed by atoms with E-state index in [1.54, 1.807) is 13.2 Å². The van der Waals surface area contributed by atoms with Crippen molar-refractivity contribution in [3.63, 3.8) is 0 Å². The summed E-state index contributed by atoms with van der Waals surface area (Å²) in [6.45, 7) is 0. The molecule has 0 unspecified atom stereocenters. The molecule has 1 aromatic heterocycles. The molecule has 0 aliphatic heterocycles. The van der Waals surface area contributed by atoms with E-state index >= 15 is 0 Å². The van der Waals surface area contributed by atoms with Crippen molar-refractivity contribution in [1.29, 1.82) is 0 Å². The molecular formula is C6H6ClN3O2. The van der Waals surface area contributed by atoms with Crippen LogP contribution in [0.15, 0.2) is 12.4 Å². The van der Waals surface area contributed by atoms with Crippen molar-refractivity contribution in [3.05, 3.63) is 33.2 Å². The van der Waals surface area contributed by atoms with Crippen LogP contribution < -0.4 is 0 Å². The van der Waals surface area contributed by atoms with Gasteiger partial charge in [0.15, 0.2) is 0 Å². The monoisotopic (exact) mass is 187 g/mol. The first-order valence-corrected chi connectivity index (χ1v) is 3.48. The van der Waals surface area contributed by atoms with Crippen LogP contribution in [-0.2, 0) is 7.05 Å². The highest BCUT2D eigenvalue weighted by molar-refractivity contribution is 6.31. The minimum absolute atomic E-state index is 0.399. The third kappa shape index (κ3) is 2.06. The summed E-state index contributed by atoms with van der Waals surface area (Å²) in [4.78, 5) is 9.37. The summed E-state index contributed by atoms with van der Waals surface area (Å²) in [6, 6.07) is 0. The van der Waals surface area contributed by atoms with Gasteiger partial charge in [0, 0.05) is 19.3 Å². The summed E-state index contributed by atoms with van der Waals surface area (Å²) >= 11 is 5.67. The first-order chi connectivity index (χ1) is 5.59.